The number of hydrogen-bond acceptors (Lipinski definition) is 3. The van der Waals surface area contributed by atoms with Crippen molar-refractivity contribution in [2.45, 2.75) is 32.2 Å². The number of primary amides is 1. The van der Waals surface area contributed by atoms with Gasteiger partial charge in [0.15, 0.2) is 0 Å². The molecule has 1 aliphatic carbocycles. The van der Waals surface area contributed by atoms with Crippen LogP contribution in [-0.4, -0.2) is 24.4 Å². The Morgan fingerprint density at radius 2 is 1.91 bits per heavy atom. The van der Waals surface area contributed by atoms with Crippen molar-refractivity contribution in [1.29, 1.82) is 0 Å². The summed E-state index contributed by atoms with van der Waals surface area (Å²) >= 11 is 0. The molecule has 5 heteroatoms. The van der Waals surface area contributed by atoms with Gasteiger partial charge in [0, 0.05) is 18.9 Å². The van der Waals surface area contributed by atoms with Gasteiger partial charge in [-0.1, -0.05) is 36.5 Å². The van der Waals surface area contributed by atoms with Gasteiger partial charge in [0.25, 0.3) is 0 Å². The number of carbonyl (C=O) groups is 2. The van der Waals surface area contributed by atoms with E-state index in [1.165, 1.54) is 5.57 Å². The highest BCUT2D eigenvalue weighted by Gasteiger charge is 2.21. The van der Waals surface area contributed by atoms with Gasteiger partial charge < -0.3 is 16.4 Å². The summed E-state index contributed by atoms with van der Waals surface area (Å²) < 4.78 is 0. The summed E-state index contributed by atoms with van der Waals surface area (Å²) in [5.74, 6) is -0.253. The summed E-state index contributed by atoms with van der Waals surface area (Å²) in [6, 6.07) is 0.240. The Bertz CT molecular complexity index is 547. The topological polar surface area (TPSA) is 84.2 Å². The van der Waals surface area contributed by atoms with E-state index in [0.29, 0.717) is 19.4 Å². The first-order valence-corrected chi connectivity index (χ1v) is 8.10. The van der Waals surface area contributed by atoms with Gasteiger partial charge in [-0.15, -0.1) is 0 Å². The molecule has 1 atom stereocenters. The molecule has 2 amide bonds. The molecule has 2 aliphatic rings. The van der Waals surface area contributed by atoms with E-state index in [2.05, 4.69) is 41.9 Å². The molecule has 5 nitrogen and oxygen atoms in total. The number of nitrogens with one attached hydrogen (secondary N) is 2. The Kier molecular flexibility index (Phi) is 6.20. The first-order chi connectivity index (χ1) is 11.1. The van der Waals surface area contributed by atoms with Gasteiger partial charge in [0.2, 0.25) is 11.8 Å². The molecule has 0 bridgehead atoms. The van der Waals surface area contributed by atoms with Crippen molar-refractivity contribution in [3.63, 3.8) is 0 Å². The largest absolute Gasteiger partial charge is 0.384 e. The maximum atomic E-state index is 12.1. The second-order valence-corrected chi connectivity index (χ2v) is 6.03. The number of amides is 2. The normalized spacial score (nSPS) is 25.6. The highest BCUT2D eigenvalue weighted by atomic mass is 16.2. The van der Waals surface area contributed by atoms with Crippen LogP contribution in [0.2, 0.25) is 0 Å². The molecule has 1 heterocycles. The Morgan fingerprint density at radius 1 is 1.17 bits per heavy atom. The van der Waals surface area contributed by atoms with E-state index in [0.717, 1.165) is 6.42 Å². The Hall–Kier alpha value is -2.30. The molecule has 2 rings (SSSR count). The molecular weight excluding hydrogens is 290 g/mol. The molecule has 1 unspecified atom stereocenters. The Morgan fingerprint density at radius 3 is 2.52 bits per heavy atom. The van der Waals surface area contributed by atoms with Crippen molar-refractivity contribution in [3.05, 3.63) is 48.2 Å². The minimum Gasteiger partial charge on any atom is -0.384 e. The van der Waals surface area contributed by atoms with E-state index in [1.54, 1.807) is 0 Å². The van der Waals surface area contributed by atoms with Gasteiger partial charge in [-0.3, -0.25) is 9.59 Å². The SMILES string of the molecule is CC1=CNC(C2C=CC(C(=O)NCCCCC(N)=O)C=C2)C=C1. The zero-order valence-corrected chi connectivity index (χ0v) is 13.5. The number of hydrogen-bond donors (Lipinski definition) is 3. The van der Waals surface area contributed by atoms with E-state index in [4.69, 9.17) is 5.73 Å². The predicted octanol–water partition coefficient (Wildman–Crippen LogP) is 1.55. The fourth-order valence-corrected chi connectivity index (χ4v) is 2.62. The van der Waals surface area contributed by atoms with Crippen molar-refractivity contribution in [2.24, 2.45) is 17.6 Å². The number of nitrogens with two attached hydrogens (primary N) is 1. The van der Waals surface area contributed by atoms with Crippen LogP contribution in [0.4, 0.5) is 0 Å². The smallest absolute Gasteiger partial charge is 0.230 e. The minimum atomic E-state index is -0.295. The highest BCUT2D eigenvalue weighted by molar-refractivity contribution is 5.82. The number of dihydropyridines is 1. The fraction of sp³-hybridized carbons (Fsp3) is 0.444. The third-order valence-electron chi connectivity index (χ3n) is 4.02. The lowest BCUT2D eigenvalue weighted by Crippen LogP contribution is -2.34. The molecule has 0 aromatic heterocycles. The van der Waals surface area contributed by atoms with Gasteiger partial charge >= 0.3 is 0 Å². The minimum absolute atomic E-state index is 0.00193. The van der Waals surface area contributed by atoms with E-state index in [1.807, 2.05) is 18.4 Å². The Labute approximate surface area is 137 Å². The highest BCUT2D eigenvalue weighted by Crippen LogP contribution is 2.20. The lowest BCUT2D eigenvalue weighted by molar-refractivity contribution is -0.122. The van der Waals surface area contributed by atoms with Gasteiger partial charge in [0.05, 0.1) is 12.0 Å². The van der Waals surface area contributed by atoms with Gasteiger partial charge in [-0.2, -0.15) is 0 Å². The van der Waals surface area contributed by atoms with Crippen LogP contribution in [0.1, 0.15) is 26.2 Å². The van der Waals surface area contributed by atoms with E-state index >= 15 is 0 Å². The van der Waals surface area contributed by atoms with Gasteiger partial charge in [0.1, 0.15) is 0 Å². The molecular formula is C18H25N3O2. The first-order valence-electron chi connectivity index (χ1n) is 8.10. The molecule has 1 aliphatic heterocycles. The third kappa shape index (κ3) is 5.43. The fourth-order valence-electron chi connectivity index (χ4n) is 2.62. The van der Waals surface area contributed by atoms with E-state index in [-0.39, 0.29) is 29.7 Å². The van der Waals surface area contributed by atoms with Crippen LogP contribution in [0, 0.1) is 11.8 Å². The molecule has 0 aromatic carbocycles. The zero-order chi connectivity index (χ0) is 16.7. The summed E-state index contributed by atoms with van der Waals surface area (Å²) in [4.78, 5) is 22.7. The summed E-state index contributed by atoms with van der Waals surface area (Å²) in [7, 11) is 0. The van der Waals surface area contributed by atoms with Gasteiger partial charge in [-0.05, 0) is 31.5 Å². The molecule has 4 N–H and O–H groups in total. The van der Waals surface area contributed by atoms with Crippen LogP contribution in [0.15, 0.2) is 48.2 Å². The maximum absolute atomic E-state index is 12.1. The zero-order valence-electron chi connectivity index (χ0n) is 13.5. The monoisotopic (exact) mass is 315 g/mol. The van der Waals surface area contributed by atoms with Crippen molar-refractivity contribution >= 4 is 11.8 Å². The number of allylic oxidation sites excluding steroid dienone is 2. The van der Waals surface area contributed by atoms with Crippen molar-refractivity contribution in [3.8, 4) is 0 Å². The second kappa shape index (κ2) is 8.36. The second-order valence-electron chi connectivity index (χ2n) is 6.03. The number of carbonyl (C=O) groups excluding carboxylic acids is 2. The average molecular weight is 315 g/mol. The van der Waals surface area contributed by atoms with Crippen LogP contribution in [0.3, 0.4) is 0 Å². The van der Waals surface area contributed by atoms with Crippen LogP contribution >= 0.6 is 0 Å². The van der Waals surface area contributed by atoms with Crippen LogP contribution in [-0.2, 0) is 9.59 Å². The molecule has 0 saturated carbocycles. The predicted molar refractivity (Wildman–Crippen MR) is 91.1 cm³/mol. The molecule has 0 radical (unpaired) electrons. The summed E-state index contributed by atoms with van der Waals surface area (Å²) in [6.07, 6.45) is 16.2. The quantitative estimate of drug-likeness (QED) is 0.492. The van der Waals surface area contributed by atoms with Crippen LogP contribution in [0.25, 0.3) is 0 Å². The number of unbranched alkanes of at least 4 members (excludes halogenated alkanes) is 1. The van der Waals surface area contributed by atoms with Crippen molar-refractivity contribution in [1.82, 2.24) is 10.6 Å². The summed E-state index contributed by atoms with van der Waals surface area (Å²) in [6.45, 7) is 2.63. The van der Waals surface area contributed by atoms with Crippen molar-refractivity contribution < 1.29 is 9.59 Å². The number of rotatable bonds is 7. The third-order valence-corrected chi connectivity index (χ3v) is 4.02. The van der Waals surface area contributed by atoms with Crippen LogP contribution < -0.4 is 16.4 Å². The van der Waals surface area contributed by atoms with Gasteiger partial charge in [-0.25, -0.2) is 0 Å². The molecule has 0 spiro atoms. The summed E-state index contributed by atoms with van der Waals surface area (Å²) in [5, 5.41) is 6.24. The molecule has 0 aromatic rings. The lowest BCUT2D eigenvalue weighted by Gasteiger charge is -2.25. The molecule has 124 valence electrons. The first kappa shape index (κ1) is 17.1. The Balaban J connectivity index is 1.71. The lowest BCUT2D eigenvalue weighted by atomic mass is 9.89. The average Bonchev–Trinajstić information content (AvgIpc) is 2.55. The standard InChI is InChI=1S/C18H25N3O2/c1-13-5-10-16(21-12-13)14-6-8-15(9-7-14)18(23)20-11-3-2-4-17(19)22/h5-10,12,14-16,21H,2-4,11H2,1H3,(H2,19,22)(H,20,23). The van der Waals surface area contributed by atoms with Crippen LogP contribution in [0.5, 0.6) is 0 Å². The molecule has 0 saturated heterocycles. The maximum Gasteiger partial charge on any atom is 0.230 e. The van der Waals surface area contributed by atoms with Crippen molar-refractivity contribution in [2.75, 3.05) is 6.54 Å². The molecule has 23 heavy (non-hydrogen) atoms. The molecule has 0 fully saturated rings. The van der Waals surface area contributed by atoms with E-state index < -0.39 is 0 Å². The summed E-state index contributed by atoms with van der Waals surface area (Å²) in [5.41, 5.74) is 6.28. The van der Waals surface area contributed by atoms with E-state index in [9.17, 15) is 9.59 Å².